The SMILES string of the molecule is Cl.O=C(C1Cc2ccccc2O1)N1CCC(c2nnc3n2CCNC3)CC1. The molecule has 0 radical (unpaired) electrons. The first-order valence-corrected chi connectivity index (χ1v) is 9.45. The zero-order valence-corrected chi connectivity index (χ0v) is 16.0. The van der Waals surface area contributed by atoms with E-state index in [0.717, 1.165) is 68.5 Å². The monoisotopic (exact) mass is 389 g/mol. The molecular formula is C19H24ClN5O2. The van der Waals surface area contributed by atoms with Crippen LogP contribution in [0, 0.1) is 0 Å². The average Bonchev–Trinajstić information content (AvgIpc) is 3.32. The number of rotatable bonds is 2. The molecule has 3 aliphatic heterocycles. The van der Waals surface area contributed by atoms with Crippen LogP contribution in [0.3, 0.4) is 0 Å². The molecule has 1 aromatic heterocycles. The molecule has 1 unspecified atom stereocenters. The van der Waals surface area contributed by atoms with Gasteiger partial charge in [0.15, 0.2) is 6.10 Å². The average molecular weight is 390 g/mol. The number of hydrogen-bond acceptors (Lipinski definition) is 5. The lowest BCUT2D eigenvalue weighted by atomic mass is 9.95. The zero-order chi connectivity index (χ0) is 17.5. The van der Waals surface area contributed by atoms with Crippen molar-refractivity contribution in [2.45, 2.75) is 44.4 Å². The summed E-state index contributed by atoms with van der Waals surface area (Å²) in [5, 5.41) is 12.1. The summed E-state index contributed by atoms with van der Waals surface area (Å²) in [6.07, 6.45) is 2.20. The number of hydrogen-bond donors (Lipinski definition) is 1. The van der Waals surface area contributed by atoms with Crippen LogP contribution in [0.25, 0.3) is 0 Å². The van der Waals surface area contributed by atoms with Crippen LogP contribution in [0.15, 0.2) is 24.3 Å². The highest BCUT2D eigenvalue weighted by molar-refractivity contribution is 5.85. The molecule has 1 fully saturated rings. The number of nitrogens with one attached hydrogen (secondary N) is 1. The van der Waals surface area contributed by atoms with Gasteiger partial charge in [0.2, 0.25) is 0 Å². The molecule has 7 nitrogen and oxygen atoms in total. The minimum atomic E-state index is -0.365. The lowest BCUT2D eigenvalue weighted by Crippen LogP contribution is -2.45. The second-order valence-corrected chi connectivity index (χ2v) is 7.32. The van der Waals surface area contributed by atoms with E-state index in [1.165, 1.54) is 0 Å². The second kappa shape index (κ2) is 7.48. The molecule has 4 heterocycles. The van der Waals surface area contributed by atoms with Gasteiger partial charge in [-0.3, -0.25) is 4.79 Å². The summed E-state index contributed by atoms with van der Waals surface area (Å²) in [6.45, 7) is 4.23. The van der Waals surface area contributed by atoms with Crippen molar-refractivity contribution in [2.75, 3.05) is 19.6 Å². The van der Waals surface area contributed by atoms with Crippen LogP contribution in [0.5, 0.6) is 5.75 Å². The van der Waals surface area contributed by atoms with E-state index in [4.69, 9.17) is 4.74 Å². The fourth-order valence-electron chi connectivity index (χ4n) is 4.30. The van der Waals surface area contributed by atoms with E-state index in [2.05, 4.69) is 20.1 Å². The van der Waals surface area contributed by atoms with Crippen molar-refractivity contribution < 1.29 is 9.53 Å². The van der Waals surface area contributed by atoms with Crippen molar-refractivity contribution in [2.24, 2.45) is 0 Å². The molecule has 0 saturated carbocycles. The van der Waals surface area contributed by atoms with Gasteiger partial charge in [0, 0.05) is 38.5 Å². The van der Waals surface area contributed by atoms with E-state index in [1.54, 1.807) is 0 Å². The van der Waals surface area contributed by atoms with Gasteiger partial charge in [-0.25, -0.2) is 0 Å². The number of carbonyl (C=O) groups is 1. The summed E-state index contributed by atoms with van der Waals surface area (Å²) in [5.74, 6) is 3.48. The summed E-state index contributed by atoms with van der Waals surface area (Å²) < 4.78 is 8.13. The number of para-hydroxylation sites is 1. The molecule has 1 amide bonds. The zero-order valence-electron chi connectivity index (χ0n) is 15.1. The lowest BCUT2D eigenvalue weighted by molar-refractivity contribution is -0.139. The van der Waals surface area contributed by atoms with Crippen molar-refractivity contribution in [3.05, 3.63) is 41.5 Å². The Morgan fingerprint density at radius 2 is 1.96 bits per heavy atom. The third-order valence-electron chi connectivity index (χ3n) is 5.75. The van der Waals surface area contributed by atoms with Gasteiger partial charge in [0.05, 0.1) is 6.54 Å². The van der Waals surface area contributed by atoms with Crippen LogP contribution < -0.4 is 10.1 Å². The van der Waals surface area contributed by atoms with E-state index in [9.17, 15) is 4.79 Å². The fraction of sp³-hybridized carbons (Fsp3) is 0.526. The number of ether oxygens (including phenoxy) is 1. The van der Waals surface area contributed by atoms with Gasteiger partial charge in [-0.15, -0.1) is 22.6 Å². The first-order chi connectivity index (χ1) is 12.8. The lowest BCUT2D eigenvalue weighted by Gasteiger charge is -2.33. The first-order valence-electron chi connectivity index (χ1n) is 9.45. The van der Waals surface area contributed by atoms with Crippen molar-refractivity contribution in [3.8, 4) is 5.75 Å². The number of amides is 1. The maximum Gasteiger partial charge on any atom is 0.263 e. The third-order valence-corrected chi connectivity index (χ3v) is 5.75. The van der Waals surface area contributed by atoms with Gasteiger partial charge in [0.1, 0.15) is 17.4 Å². The molecule has 0 bridgehead atoms. The predicted molar refractivity (Wildman–Crippen MR) is 102 cm³/mol. The Bertz CT molecular complexity index is 806. The molecule has 27 heavy (non-hydrogen) atoms. The number of nitrogens with zero attached hydrogens (tertiary/aromatic N) is 4. The molecule has 1 atom stereocenters. The third kappa shape index (κ3) is 3.30. The van der Waals surface area contributed by atoms with Crippen LogP contribution in [-0.4, -0.2) is 51.3 Å². The molecule has 144 valence electrons. The van der Waals surface area contributed by atoms with Gasteiger partial charge in [-0.2, -0.15) is 0 Å². The van der Waals surface area contributed by atoms with E-state index in [-0.39, 0.29) is 24.4 Å². The molecule has 5 rings (SSSR count). The molecule has 1 N–H and O–H groups in total. The quantitative estimate of drug-likeness (QED) is 0.843. The number of likely N-dealkylation sites (tertiary alicyclic amines) is 1. The standard InChI is InChI=1S/C19H23N5O2.ClH/c25-19(16-11-14-3-1-2-4-15(14)26-16)23-8-5-13(6-9-23)18-22-21-17-12-20-7-10-24(17)18;/h1-4,13,16,20H,5-12H2;1H. The highest BCUT2D eigenvalue weighted by Gasteiger charge is 2.35. The highest BCUT2D eigenvalue weighted by Crippen LogP contribution is 2.31. The number of piperidine rings is 1. The summed E-state index contributed by atoms with van der Waals surface area (Å²) in [7, 11) is 0. The van der Waals surface area contributed by atoms with Crippen molar-refractivity contribution >= 4 is 18.3 Å². The summed E-state index contributed by atoms with van der Waals surface area (Å²) >= 11 is 0. The van der Waals surface area contributed by atoms with Crippen LogP contribution in [0.1, 0.15) is 36.0 Å². The van der Waals surface area contributed by atoms with Crippen molar-refractivity contribution in [1.29, 1.82) is 0 Å². The molecule has 2 aromatic rings. The topological polar surface area (TPSA) is 72.3 Å². The van der Waals surface area contributed by atoms with Crippen LogP contribution in [-0.2, 0) is 24.3 Å². The Morgan fingerprint density at radius 3 is 2.78 bits per heavy atom. The minimum Gasteiger partial charge on any atom is -0.480 e. The molecule has 3 aliphatic rings. The number of benzene rings is 1. The second-order valence-electron chi connectivity index (χ2n) is 7.32. The number of aromatic nitrogens is 3. The van der Waals surface area contributed by atoms with Crippen LogP contribution in [0.2, 0.25) is 0 Å². The fourth-order valence-corrected chi connectivity index (χ4v) is 4.30. The Hall–Kier alpha value is -2.12. The van der Waals surface area contributed by atoms with E-state index >= 15 is 0 Å². The number of fused-ring (bicyclic) bond motifs is 2. The van der Waals surface area contributed by atoms with Gasteiger partial charge >= 0.3 is 0 Å². The highest BCUT2D eigenvalue weighted by atomic mass is 35.5. The Balaban J connectivity index is 0.00000180. The molecule has 1 aromatic carbocycles. The number of carbonyl (C=O) groups excluding carboxylic acids is 1. The van der Waals surface area contributed by atoms with E-state index < -0.39 is 0 Å². The van der Waals surface area contributed by atoms with Gasteiger partial charge < -0.3 is 19.5 Å². The van der Waals surface area contributed by atoms with Crippen molar-refractivity contribution in [1.82, 2.24) is 25.0 Å². The Kier molecular flexibility index (Phi) is 5.06. The largest absolute Gasteiger partial charge is 0.480 e. The summed E-state index contributed by atoms with van der Waals surface area (Å²) in [4.78, 5) is 14.8. The Morgan fingerprint density at radius 1 is 1.15 bits per heavy atom. The predicted octanol–water partition coefficient (Wildman–Crippen LogP) is 1.51. The summed E-state index contributed by atoms with van der Waals surface area (Å²) in [6, 6.07) is 7.93. The maximum absolute atomic E-state index is 12.9. The van der Waals surface area contributed by atoms with Crippen LogP contribution in [0.4, 0.5) is 0 Å². The minimum absolute atomic E-state index is 0. The van der Waals surface area contributed by atoms with E-state index in [0.29, 0.717) is 12.3 Å². The molecule has 0 spiro atoms. The van der Waals surface area contributed by atoms with Gasteiger partial charge in [0.25, 0.3) is 5.91 Å². The first kappa shape index (κ1) is 18.3. The Labute approximate surface area is 164 Å². The maximum atomic E-state index is 12.9. The van der Waals surface area contributed by atoms with Gasteiger partial charge in [-0.05, 0) is 24.5 Å². The van der Waals surface area contributed by atoms with Gasteiger partial charge in [-0.1, -0.05) is 18.2 Å². The summed E-state index contributed by atoms with van der Waals surface area (Å²) in [5.41, 5.74) is 1.13. The number of halogens is 1. The molecule has 1 saturated heterocycles. The smallest absolute Gasteiger partial charge is 0.263 e. The molecule has 8 heteroatoms. The van der Waals surface area contributed by atoms with E-state index in [1.807, 2.05) is 29.2 Å². The molecular weight excluding hydrogens is 366 g/mol. The van der Waals surface area contributed by atoms with Crippen molar-refractivity contribution in [3.63, 3.8) is 0 Å². The van der Waals surface area contributed by atoms with Crippen LogP contribution >= 0.6 is 12.4 Å². The normalized spacial score (nSPS) is 21.8. The molecule has 0 aliphatic carbocycles.